The second kappa shape index (κ2) is 4.42. The maximum atomic E-state index is 10.4. The maximum absolute atomic E-state index is 10.4. The van der Waals surface area contributed by atoms with E-state index in [-0.39, 0.29) is 0 Å². The second-order valence-corrected chi connectivity index (χ2v) is 3.79. The number of hydrogen-bond acceptors (Lipinski definition) is 2. The molecule has 0 aromatic rings. The lowest BCUT2D eigenvalue weighted by Crippen LogP contribution is -2.28. The Morgan fingerprint density at radius 2 is 2.38 bits per heavy atom. The highest BCUT2D eigenvalue weighted by atomic mass is 16.4. The molecule has 1 aliphatic rings. The Balaban J connectivity index is 2.43. The number of rotatable bonds is 3. The van der Waals surface area contributed by atoms with Gasteiger partial charge in [0.15, 0.2) is 0 Å². The van der Waals surface area contributed by atoms with Gasteiger partial charge in [0.25, 0.3) is 0 Å². The van der Waals surface area contributed by atoms with Gasteiger partial charge in [-0.2, -0.15) is 0 Å². The zero-order chi connectivity index (χ0) is 9.84. The third kappa shape index (κ3) is 3.19. The normalized spacial score (nSPS) is 25.1. The molecular formula is C10H17NO2. The Kier molecular flexibility index (Phi) is 3.48. The van der Waals surface area contributed by atoms with Crippen LogP contribution in [0.3, 0.4) is 0 Å². The van der Waals surface area contributed by atoms with Crippen LogP contribution in [0.4, 0.5) is 0 Å². The molecule has 0 radical (unpaired) electrons. The molecule has 0 aromatic carbocycles. The van der Waals surface area contributed by atoms with Crippen molar-refractivity contribution in [2.75, 3.05) is 13.1 Å². The van der Waals surface area contributed by atoms with Crippen molar-refractivity contribution in [1.82, 2.24) is 4.90 Å². The van der Waals surface area contributed by atoms with Gasteiger partial charge in [0.2, 0.25) is 0 Å². The third-order valence-electron chi connectivity index (χ3n) is 2.51. The molecule has 1 N–H and O–H groups in total. The molecule has 0 saturated carbocycles. The molecule has 0 bridgehead atoms. The number of carboxylic acids is 1. The van der Waals surface area contributed by atoms with E-state index in [0.29, 0.717) is 6.04 Å². The first-order valence-corrected chi connectivity index (χ1v) is 4.73. The van der Waals surface area contributed by atoms with Gasteiger partial charge in [-0.1, -0.05) is 5.57 Å². The Morgan fingerprint density at radius 3 is 2.85 bits per heavy atom. The van der Waals surface area contributed by atoms with Crippen molar-refractivity contribution in [3.05, 3.63) is 11.6 Å². The van der Waals surface area contributed by atoms with Gasteiger partial charge in [0.05, 0.1) is 0 Å². The highest BCUT2D eigenvalue weighted by molar-refractivity contribution is 5.80. The average Bonchev–Trinajstić information content (AvgIpc) is 2.34. The predicted octanol–water partition coefficient (Wildman–Crippen LogP) is 1.50. The van der Waals surface area contributed by atoms with Crippen LogP contribution < -0.4 is 0 Å². The molecule has 1 saturated heterocycles. The molecule has 74 valence electrons. The minimum Gasteiger partial charge on any atom is -0.478 e. The van der Waals surface area contributed by atoms with Crippen molar-refractivity contribution in [1.29, 1.82) is 0 Å². The molecule has 0 spiro atoms. The molecule has 13 heavy (non-hydrogen) atoms. The number of likely N-dealkylation sites (tertiary alicyclic amines) is 1. The van der Waals surface area contributed by atoms with Crippen LogP contribution in [0.1, 0.15) is 26.7 Å². The number of nitrogens with zero attached hydrogens (tertiary/aromatic N) is 1. The van der Waals surface area contributed by atoms with E-state index in [4.69, 9.17) is 5.11 Å². The lowest BCUT2D eigenvalue weighted by atomic mass is 10.2. The summed E-state index contributed by atoms with van der Waals surface area (Å²) < 4.78 is 0. The van der Waals surface area contributed by atoms with E-state index >= 15 is 0 Å². The van der Waals surface area contributed by atoms with Crippen LogP contribution in [0.5, 0.6) is 0 Å². The highest BCUT2D eigenvalue weighted by Gasteiger charge is 2.19. The number of carboxylic acid groups (broad SMARTS) is 1. The van der Waals surface area contributed by atoms with Crippen LogP contribution in [0.2, 0.25) is 0 Å². The molecule has 0 amide bonds. The van der Waals surface area contributed by atoms with Gasteiger partial charge in [-0.05, 0) is 33.2 Å². The molecule has 1 rings (SSSR count). The van der Waals surface area contributed by atoms with E-state index < -0.39 is 5.97 Å². The Hall–Kier alpha value is -0.830. The molecule has 1 heterocycles. The van der Waals surface area contributed by atoms with Gasteiger partial charge in [0, 0.05) is 18.7 Å². The van der Waals surface area contributed by atoms with Gasteiger partial charge in [-0.3, -0.25) is 4.90 Å². The van der Waals surface area contributed by atoms with Crippen LogP contribution in [0, 0.1) is 0 Å². The fraction of sp³-hybridized carbons (Fsp3) is 0.700. The first-order chi connectivity index (χ1) is 6.09. The minimum absolute atomic E-state index is 0.608. The Morgan fingerprint density at radius 1 is 1.69 bits per heavy atom. The number of carbonyl (C=O) groups is 1. The molecule has 1 fully saturated rings. The fourth-order valence-corrected chi connectivity index (χ4v) is 1.80. The van der Waals surface area contributed by atoms with E-state index in [2.05, 4.69) is 11.8 Å². The van der Waals surface area contributed by atoms with Gasteiger partial charge >= 0.3 is 5.97 Å². The summed E-state index contributed by atoms with van der Waals surface area (Å²) in [4.78, 5) is 12.7. The first-order valence-electron chi connectivity index (χ1n) is 4.73. The first kappa shape index (κ1) is 10.3. The van der Waals surface area contributed by atoms with Crippen LogP contribution in [0.25, 0.3) is 0 Å². The van der Waals surface area contributed by atoms with Crippen LogP contribution in [-0.2, 0) is 4.79 Å². The van der Waals surface area contributed by atoms with Crippen LogP contribution in [-0.4, -0.2) is 35.1 Å². The summed E-state index contributed by atoms with van der Waals surface area (Å²) in [5, 5.41) is 8.53. The molecule has 0 aromatic heterocycles. The molecule has 1 unspecified atom stereocenters. The lowest BCUT2D eigenvalue weighted by molar-refractivity contribution is -0.131. The number of hydrogen-bond donors (Lipinski definition) is 1. The Labute approximate surface area is 79.0 Å². The summed E-state index contributed by atoms with van der Waals surface area (Å²) in [5.74, 6) is -0.843. The molecule has 1 aliphatic heterocycles. The number of aliphatic carboxylic acids is 1. The predicted molar refractivity (Wildman–Crippen MR) is 51.7 cm³/mol. The van der Waals surface area contributed by atoms with Crippen LogP contribution in [0.15, 0.2) is 11.6 Å². The standard InChI is InChI=1S/C10H17NO2/c1-8(6-10(12)13)7-11-5-3-4-9(11)2/h6,9H,3-5,7H2,1-2H3,(H,12,13). The van der Waals surface area contributed by atoms with Crippen molar-refractivity contribution < 1.29 is 9.90 Å². The van der Waals surface area contributed by atoms with E-state index in [9.17, 15) is 4.79 Å². The van der Waals surface area contributed by atoms with Gasteiger partial charge in [-0.25, -0.2) is 4.79 Å². The smallest absolute Gasteiger partial charge is 0.328 e. The van der Waals surface area contributed by atoms with Crippen molar-refractivity contribution in [3.8, 4) is 0 Å². The molecule has 0 aliphatic carbocycles. The summed E-state index contributed by atoms with van der Waals surface area (Å²) in [6.07, 6.45) is 3.77. The maximum Gasteiger partial charge on any atom is 0.328 e. The van der Waals surface area contributed by atoms with E-state index in [1.165, 1.54) is 18.9 Å². The van der Waals surface area contributed by atoms with Gasteiger partial charge in [-0.15, -0.1) is 0 Å². The lowest BCUT2D eigenvalue weighted by Gasteiger charge is -2.20. The molecule has 3 nitrogen and oxygen atoms in total. The average molecular weight is 183 g/mol. The SMILES string of the molecule is CC(=CC(=O)O)CN1CCCC1C. The van der Waals surface area contributed by atoms with E-state index in [1.54, 1.807) is 0 Å². The summed E-state index contributed by atoms with van der Waals surface area (Å²) >= 11 is 0. The van der Waals surface area contributed by atoms with Crippen molar-refractivity contribution in [2.45, 2.75) is 32.7 Å². The minimum atomic E-state index is -0.843. The topological polar surface area (TPSA) is 40.5 Å². The van der Waals surface area contributed by atoms with Gasteiger partial charge in [0.1, 0.15) is 0 Å². The van der Waals surface area contributed by atoms with E-state index in [0.717, 1.165) is 18.7 Å². The zero-order valence-corrected chi connectivity index (χ0v) is 8.29. The summed E-state index contributed by atoms with van der Waals surface area (Å²) in [5.41, 5.74) is 0.932. The summed E-state index contributed by atoms with van der Waals surface area (Å²) in [7, 11) is 0. The van der Waals surface area contributed by atoms with Crippen LogP contribution >= 0.6 is 0 Å². The van der Waals surface area contributed by atoms with Crippen molar-refractivity contribution in [3.63, 3.8) is 0 Å². The molecular weight excluding hydrogens is 166 g/mol. The molecule has 1 atom stereocenters. The third-order valence-corrected chi connectivity index (χ3v) is 2.51. The van der Waals surface area contributed by atoms with E-state index in [1.807, 2.05) is 6.92 Å². The molecule has 3 heteroatoms. The quantitative estimate of drug-likeness (QED) is 0.674. The largest absolute Gasteiger partial charge is 0.478 e. The monoisotopic (exact) mass is 183 g/mol. The fourth-order valence-electron chi connectivity index (χ4n) is 1.80. The van der Waals surface area contributed by atoms with Crippen molar-refractivity contribution >= 4 is 5.97 Å². The van der Waals surface area contributed by atoms with Gasteiger partial charge < -0.3 is 5.11 Å². The Bertz CT molecular complexity index is 223. The zero-order valence-electron chi connectivity index (χ0n) is 8.29. The summed E-state index contributed by atoms with van der Waals surface area (Å²) in [6, 6.07) is 0.608. The van der Waals surface area contributed by atoms with Crippen molar-refractivity contribution in [2.24, 2.45) is 0 Å². The second-order valence-electron chi connectivity index (χ2n) is 3.79. The summed E-state index contributed by atoms with van der Waals surface area (Å²) in [6.45, 7) is 5.97. The highest BCUT2D eigenvalue weighted by Crippen LogP contribution is 2.17.